The zero-order valence-electron chi connectivity index (χ0n) is 10.7. The number of rotatable bonds is 1. The molecule has 2 rings (SSSR count). The Balaban J connectivity index is 0.000000246. The van der Waals surface area contributed by atoms with Gasteiger partial charge in [0, 0.05) is 25.0 Å². The lowest BCUT2D eigenvalue weighted by atomic mass is 9.74. The highest BCUT2D eigenvalue weighted by Crippen LogP contribution is 2.36. The summed E-state index contributed by atoms with van der Waals surface area (Å²) in [4.78, 5) is 21.7. The second-order valence-corrected chi connectivity index (χ2v) is 4.99. The van der Waals surface area contributed by atoms with Gasteiger partial charge in [-0.05, 0) is 19.4 Å². The number of carboxylic acids is 1. The molecule has 116 valence electrons. The van der Waals surface area contributed by atoms with E-state index in [-0.39, 0.29) is 12.5 Å². The molecule has 0 radical (unpaired) electrons. The zero-order chi connectivity index (χ0) is 15.4. The van der Waals surface area contributed by atoms with Crippen molar-refractivity contribution >= 4 is 11.9 Å². The van der Waals surface area contributed by atoms with Gasteiger partial charge in [0.2, 0.25) is 5.91 Å². The number of nitrogens with zero attached hydrogens (tertiary/aromatic N) is 1. The fourth-order valence-corrected chi connectivity index (χ4v) is 2.34. The summed E-state index contributed by atoms with van der Waals surface area (Å²) >= 11 is 0. The van der Waals surface area contributed by atoms with Crippen molar-refractivity contribution < 1.29 is 33.0 Å². The molecule has 0 saturated carbocycles. The minimum atomic E-state index is -5.08. The number of alkyl halides is 3. The molecule has 1 amide bonds. The molecule has 1 spiro atoms. The third-order valence-electron chi connectivity index (χ3n) is 3.34. The van der Waals surface area contributed by atoms with Crippen LogP contribution in [0, 0.1) is 5.41 Å². The Hall–Kier alpha value is -1.35. The van der Waals surface area contributed by atoms with Gasteiger partial charge in [-0.15, -0.1) is 0 Å². The van der Waals surface area contributed by atoms with Crippen molar-refractivity contribution in [2.24, 2.45) is 5.41 Å². The Morgan fingerprint density at radius 2 is 1.85 bits per heavy atom. The first kappa shape index (κ1) is 16.7. The topological polar surface area (TPSA) is 89.9 Å². The van der Waals surface area contributed by atoms with Crippen LogP contribution in [0.25, 0.3) is 0 Å². The maximum absolute atomic E-state index is 11.1. The number of nitrogens with one attached hydrogen (secondary N) is 1. The molecule has 0 unspecified atom stereocenters. The lowest BCUT2D eigenvalue weighted by Crippen LogP contribution is -2.64. The lowest BCUT2D eigenvalue weighted by Gasteiger charge is -2.52. The summed E-state index contributed by atoms with van der Waals surface area (Å²) in [5, 5.41) is 19.1. The van der Waals surface area contributed by atoms with Crippen molar-refractivity contribution in [3.05, 3.63) is 0 Å². The second-order valence-electron chi connectivity index (χ2n) is 4.99. The van der Waals surface area contributed by atoms with Gasteiger partial charge in [0.25, 0.3) is 0 Å². The van der Waals surface area contributed by atoms with E-state index in [9.17, 15) is 18.0 Å². The molecular formula is C11H17F3N2O4. The largest absolute Gasteiger partial charge is 0.490 e. The third kappa shape index (κ3) is 4.34. The average molecular weight is 298 g/mol. The first-order valence-electron chi connectivity index (χ1n) is 6.10. The van der Waals surface area contributed by atoms with Crippen molar-refractivity contribution in [1.82, 2.24) is 10.2 Å². The van der Waals surface area contributed by atoms with E-state index >= 15 is 0 Å². The molecule has 2 fully saturated rings. The third-order valence-corrected chi connectivity index (χ3v) is 3.34. The monoisotopic (exact) mass is 298 g/mol. The molecule has 0 aromatic heterocycles. The number of piperidine rings is 1. The van der Waals surface area contributed by atoms with Gasteiger partial charge in [-0.3, -0.25) is 4.79 Å². The van der Waals surface area contributed by atoms with Crippen LogP contribution in [0.15, 0.2) is 0 Å². The number of aliphatic carboxylic acids is 1. The average Bonchev–Trinajstić information content (AvgIpc) is 2.35. The fourth-order valence-electron chi connectivity index (χ4n) is 2.34. The molecule has 0 bridgehead atoms. The Labute approximate surface area is 113 Å². The van der Waals surface area contributed by atoms with Crippen molar-refractivity contribution in [1.29, 1.82) is 0 Å². The number of likely N-dealkylation sites (tertiary alicyclic amines) is 1. The quantitative estimate of drug-likeness (QED) is 0.625. The predicted octanol–water partition coefficient (Wildman–Crippen LogP) is -0.176. The van der Waals surface area contributed by atoms with Crippen molar-refractivity contribution in [2.45, 2.75) is 19.0 Å². The van der Waals surface area contributed by atoms with Crippen LogP contribution in [0.2, 0.25) is 0 Å². The molecule has 0 atom stereocenters. The SMILES string of the molecule is O=C(CO)N1CC2(CCCNC2)C1.O=C(O)C(F)(F)F. The second kappa shape index (κ2) is 6.40. The van der Waals surface area contributed by atoms with E-state index in [1.165, 1.54) is 12.8 Å². The van der Waals surface area contributed by atoms with Crippen LogP contribution >= 0.6 is 0 Å². The minimum Gasteiger partial charge on any atom is -0.475 e. The summed E-state index contributed by atoms with van der Waals surface area (Å²) in [7, 11) is 0. The van der Waals surface area contributed by atoms with Crippen molar-refractivity contribution in [3.8, 4) is 0 Å². The molecule has 0 aromatic rings. The van der Waals surface area contributed by atoms with Crippen LogP contribution in [0.1, 0.15) is 12.8 Å². The summed E-state index contributed by atoms with van der Waals surface area (Å²) in [6, 6.07) is 0. The predicted molar refractivity (Wildman–Crippen MR) is 61.9 cm³/mol. The van der Waals surface area contributed by atoms with Crippen LogP contribution < -0.4 is 5.32 Å². The normalized spacial score (nSPS) is 20.7. The number of amides is 1. The van der Waals surface area contributed by atoms with E-state index in [0.717, 1.165) is 26.2 Å². The summed E-state index contributed by atoms with van der Waals surface area (Å²) in [6.07, 6.45) is -2.66. The standard InChI is InChI=1S/C9H16N2O2.C2HF3O2/c12-4-8(13)11-6-9(7-11)2-1-3-10-5-9;3-2(4,5)1(6)7/h10,12H,1-7H2;(H,6,7). The molecule has 20 heavy (non-hydrogen) atoms. The highest BCUT2D eigenvalue weighted by atomic mass is 19.4. The highest BCUT2D eigenvalue weighted by molar-refractivity contribution is 5.78. The molecule has 3 N–H and O–H groups in total. The fraction of sp³-hybridized carbons (Fsp3) is 0.818. The van der Waals surface area contributed by atoms with Gasteiger partial charge in [0.15, 0.2) is 0 Å². The van der Waals surface area contributed by atoms with E-state index in [1.54, 1.807) is 4.90 Å². The molecule has 2 aliphatic heterocycles. The maximum Gasteiger partial charge on any atom is 0.490 e. The molecule has 2 saturated heterocycles. The van der Waals surface area contributed by atoms with Gasteiger partial charge >= 0.3 is 12.1 Å². The molecule has 6 nitrogen and oxygen atoms in total. The molecule has 0 aliphatic carbocycles. The van der Waals surface area contributed by atoms with Gasteiger partial charge in [0.05, 0.1) is 0 Å². The minimum absolute atomic E-state index is 0.129. The van der Waals surface area contributed by atoms with E-state index in [0.29, 0.717) is 5.41 Å². The first-order chi connectivity index (χ1) is 9.20. The zero-order valence-corrected chi connectivity index (χ0v) is 10.7. The smallest absolute Gasteiger partial charge is 0.475 e. The Morgan fingerprint density at radius 3 is 2.20 bits per heavy atom. The van der Waals surface area contributed by atoms with Gasteiger partial charge in [-0.2, -0.15) is 13.2 Å². The number of carbonyl (C=O) groups is 2. The summed E-state index contributed by atoms with van der Waals surface area (Å²) < 4.78 is 31.7. The van der Waals surface area contributed by atoms with Gasteiger partial charge in [-0.25, -0.2) is 4.79 Å². The Kier molecular flexibility index (Phi) is 5.35. The number of carboxylic acid groups (broad SMARTS) is 1. The molecule has 2 heterocycles. The highest BCUT2D eigenvalue weighted by Gasteiger charge is 2.45. The van der Waals surface area contributed by atoms with Crippen LogP contribution in [-0.4, -0.2) is 66.0 Å². The maximum atomic E-state index is 11.1. The van der Waals surface area contributed by atoms with Gasteiger partial charge < -0.3 is 20.4 Å². The van der Waals surface area contributed by atoms with Gasteiger partial charge in [-0.1, -0.05) is 0 Å². The Morgan fingerprint density at radius 1 is 1.30 bits per heavy atom. The number of hydrogen-bond acceptors (Lipinski definition) is 4. The van der Waals surface area contributed by atoms with E-state index in [4.69, 9.17) is 15.0 Å². The summed E-state index contributed by atoms with van der Waals surface area (Å²) in [6.45, 7) is 3.46. The van der Waals surface area contributed by atoms with Crippen LogP contribution in [-0.2, 0) is 9.59 Å². The van der Waals surface area contributed by atoms with Crippen LogP contribution in [0.5, 0.6) is 0 Å². The summed E-state index contributed by atoms with van der Waals surface area (Å²) in [5.41, 5.74) is 0.336. The lowest BCUT2D eigenvalue weighted by molar-refractivity contribution is -0.192. The number of aliphatic hydroxyl groups excluding tert-OH is 1. The summed E-state index contributed by atoms with van der Waals surface area (Å²) in [5.74, 6) is -2.89. The molecule has 0 aromatic carbocycles. The van der Waals surface area contributed by atoms with Crippen molar-refractivity contribution in [3.63, 3.8) is 0 Å². The number of carbonyl (C=O) groups excluding carboxylic acids is 1. The molecule has 9 heteroatoms. The van der Waals surface area contributed by atoms with E-state index in [1.807, 2.05) is 0 Å². The van der Waals surface area contributed by atoms with Gasteiger partial charge in [0.1, 0.15) is 6.61 Å². The van der Waals surface area contributed by atoms with Crippen LogP contribution in [0.4, 0.5) is 13.2 Å². The number of aliphatic hydroxyl groups is 1. The Bertz CT molecular complexity index is 359. The molecule has 2 aliphatic rings. The first-order valence-corrected chi connectivity index (χ1v) is 6.10. The number of halogens is 3. The van der Waals surface area contributed by atoms with E-state index < -0.39 is 12.1 Å². The van der Waals surface area contributed by atoms with Crippen molar-refractivity contribution in [2.75, 3.05) is 32.8 Å². The van der Waals surface area contributed by atoms with E-state index in [2.05, 4.69) is 5.32 Å². The number of hydrogen-bond donors (Lipinski definition) is 3. The van der Waals surface area contributed by atoms with Crippen LogP contribution in [0.3, 0.4) is 0 Å². The molecular weight excluding hydrogens is 281 g/mol.